The average Bonchev–Trinajstić information content (AvgIpc) is 2.35. The van der Waals surface area contributed by atoms with Gasteiger partial charge >= 0.3 is 0 Å². The van der Waals surface area contributed by atoms with Crippen LogP contribution >= 0.6 is 15.9 Å². The van der Waals surface area contributed by atoms with E-state index in [2.05, 4.69) is 15.9 Å². The number of hydrogen-bond acceptors (Lipinski definition) is 4. The van der Waals surface area contributed by atoms with Gasteiger partial charge in [0, 0.05) is 19.1 Å². The molecule has 96 valence electrons. The quantitative estimate of drug-likeness (QED) is 0.843. The van der Waals surface area contributed by atoms with E-state index in [4.69, 9.17) is 20.3 Å². The van der Waals surface area contributed by atoms with Crippen LogP contribution in [0.5, 0.6) is 11.5 Å². The number of halogens is 1. The Morgan fingerprint density at radius 1 is 1.47 bits per heavy atom. The van der Waals surface area contributed by atoms with Crippen molar-refractivity contribution in [3.8, 4) is 11.5 Å². The monoisotopic (exact) mass is 303 g/mol. The molecule has 0 heterocycles. The predicted molar refractivity (Wildman–Crippen MR) is 70.3 cm³/mol. The maximum Gasteiger partial charge on any atom is 0.175 e. The summed E-state index contributed by atoms with van der Waals surface area (Å²) in [6.07, 6.45) is 0. The summed E-state index contributed by atoms with van der Waals surface area (Å²) in [7, 11) is 1.59. The first kappa shape index (κ1) is 14.3. The average molecular weight is 304 g/mol. The van der Waals surface area contributed by atoms with E-state index in [1.165, 1.54) is 0 Å². The van der Waals surface area contributed by atoms with Crippen LogP contribution in [-0.4, -0.2) is 25.4 Å². The Kier molecular flexibility index (Phi) is 5.74. The molecular weight excluding hydrogens is 286 g/mol. The normalized spacial score (nSPS) is 12.3. The van der Waals surface area contributed by atoms with Crippen molar-refractivity contribution in [2.75, 3.05) is 20.3 Å². The zero-order chi connectivity index (χ0) is 12.8. The van der Waals surface area contributed by atoms with Gasteiger partial charge in [-0.05, 0) is 33.6 Å². The molecule has 1 atom stereocenters. The second kappa shape index (κ2) is 6.83. The molecule has 17 heavy (non-hydrogen) atoms. The summed E-state index contributed by atoms with van der Waals surface area (Å²) in [6.45, 7) is 2.89. The molecule has 0 radical (unpaired) electrons. The molecule has 5 heteroatoms. The number of rotatable bonds is 6. The van der Waals surface area contributed by atoms with Crippen LogP contribution in [-0.2, 0) is 6.54 Å². The van der Waals surface area contributed by atoms with E-state index in [0.717, 1.165) is 10.0 Å². The lowest BCUT2D eigenvalue weighted by atomic mass is 10.2. The largest absolute Gasteiger partial charge is 0.493 e. The second-order valence-corrected chi connectivity index (χ2v) is 4.77. The molecule has 3 N–H and O–H groups in total. The minimum atomic E-state index is 0.0841. The van der Waals surface area contributed by atoms with Gasteiger partial charge in [0.05, 0.1) is 18.2 Å². The molecule has 0 fully saturated rings. The van der Waals surface area contributed by atoms with Crippen molar-refractivity contribution in [1.82, 2.24) is 0 Å². The number of benzene rings is 1. The van der Waals surface area contributed by atoms with Gasteiger partial charge in [-0.2, -0.15) is 0 Å². The van der Waals surface area contributed by atoms with Crippen LogP contribution in [0, 0.1) is 5.92 Å². The molecule has 0 saturated carbocycles. The van der Waals surface area contributed by atoms with Gasteiger partial charge in [-0.25, -0.2) is 0 Å². The SMILES string of the molecule is COc1cc(CN)cc(Br)c1OCC(C)CO. The highest BCUT2D eigenvalue weighted by atomic mass is 79.9. The molecule has 1 aromatic rings. The molecule has 0 bridgehead atoms. The molecule has 0 aromatic heterocycles. The number of methoxy groups -OCH3 is 1. The van der Waals surface area contributed by atoms with E-state index in [0.29, 0.717) is 24.7 Å². The highest BCUT2D eigenvalue weighted by molar-refractivity contribution is 9.10. The minimum Gasteiger partial charge on any atom is -0.493 e. The summed E-state index contributed by atoms with van der Waals surface area (Å²) >= 11 is 3.43. The Balaban J connectivity index is 2.89. The zero-order valence-electron chi connectivity index (χ0n) is 10.1. The Bertz CT molecular complexity index is 371. The third-order valence-electron chi connectivity index (χ3n) is 2.35. The van der Waals surface area contributed by atoms with E-state index in [1.54, 1.807) is 7.11 Å². The van der Waals surface area contributed by atoms with Gasteiger partial charge < -0.3 is 20.3 Å². The maximum absolute atomic E-state index is 8.95. The van der Waals surface area contributed by atoms with E-state index >= 15 is 0 Å². The topological polar surface area (TPSA) is 64.7 Å². The highest BCUT2D eigenvalue weighted by Crippen LogP contribution is 2.36. The van der Waals surface area contributed by atoms with Crippen molar-refractivity contribution in [2.24, 2.45) is 11.7 Å². The Morgan fingerprint density at radius 2 is 2.18 bits per heavy atom. The van der Waals surface area contributed by atoms with Gasteiger partial charge in [0.25, 0.3) is 0 Å². The zero-order valence-corrected chi connectivity index (χ0v) is 11.7. The van der Waals surface area contributed by atoms with Crippen molar-refractivity contribution in [3.05, 3.63) is 22.2 Å². The molecule has 1 unspecified atom stereocenters. The second-order valence-electron chi connectivity index (χ2n) is 3.91. The molecular formula is C12H18BrNO3. The summed E-state index contributed by atoms with van der Waals surface area (Å²) in [4.78, 5) is 0. The minimum absolute atomic E-state index is 0.0841. The molecule has 0 aliphatic carbocycles. The Hall–Kier alpha value is -0.780. The lowest BCUT2D eigenvalue weighted by molar-refractivity contribution is 0.170. The highest BCUT2D eigenvalue weighted by Gasteiger charge is 2.12. The molecule has 0 aliphatic rings. The first-order valence-electron chi connectivity index (χ1n) is 5.42. The lowest BCUT2D eigenvalue weighted by Gasteiger charge is -2.16. The van der Waals surface area contributed by atoms with Crippen LogP contribution in [0.3, 0.4) is 0 Å². The third kappa shape index (κ3) is 3.87. The van der Waals surface area contributed by atoms with E-state index in [1.807, 2.05) is 19.1 Å². The van der Waals surface area contributed by atoms with Gasteiger partial charge in [-0.1, -0.05) is 6.92 Å². The maximum atomic E-state index is 8.95. The number of ether oxygens (including phenoxy) is 2. The van der Waals surface area contributed by atoms with Crippen molar-refractivity contribution in [2.45, 2.75) is 13.5 Å². The molecule has 1 rings (SSSR count). The van der Waals surface area contributed by atoms with E-state index in [9.17, 15) is 0 Å². The van der Waals surface area contributed by atoms with Crippen LogP contribution in [0.1, 0.15) is 12.5 Å². The number of aliphatic hydroxyl groups excluding tert-OH is 1. The van der Waals surface area contributed by atoms with E-state index < -0.39 is 0 Å². The number of nitrogens with two attached hydrogens (primary N) is 1. The van der Waals surface area contributed by atoms with Crippen LogP contribution < -0.4 is 15.2 Å². The number of aliphatic hydroxyl groups is 1. The fourth-order valence-electron chi connectivity index (χ4n) is 1.31. The Morgan fingerprint density at radius 3 is 2.71 bits per heavy atom. The van der Waals surface area contributed by atoms with Crippen molar-refractivity contribution < 1.29 is 14.6 Å². The Labute approximate surface area is 110 Å². The summed E-state index contributed by atoms with van der Waals surface area (Å²) in [5.74, 6) is 1.37. The smallest absolute Gasteiger partial charge is 0.175 e. The molecule has 1 aromatic carbocycles. The van der Waals surface area contributed by atoms with Crippen molar-refractivity contribution in [3.63, 3.8) is 0 Å². The molecule has 0 spiro atoms. The third-order valence-corrected chi connectivity index (χ3v) is 2.94. The van der Waals surface area contributed by atoms with Crippen molar-refractivity contribution >= 4 is 15.9 Å². The molecule has 4 nitrogen and oxygen atoms in total. The molecule has 0 aliphatic heterocycles. The first-order valence-corrected chi connectivity index (χ1v) is 6.21. The summed E-state index contributed by atoms with van der Waals surface area (Å²) in [6, 6.07) is 3.76. The summed E-state index contributed by atoms with van der Waals surface area (Å²) in [5, 5.41) is 8.95. The fourth-order valence-corrected chi connectivity index (χ4v) is 1.91. The van der Waals surface area contributed by atoms with Crippen LogP contribution in [0.25, 0.3) is 0 Å². The van der Waals surface area contributed by atoms with E-state index in [-0.39, 0.29) is 12.5 Å². The lowest BCUT2D eigenvalue weighted by Crippen LogP contribution is -2.13. The van der Waals surface area contributed by atoms with Crippen molar-refractivity contribution in [1.29, 1.82) is 0 Å². The fraction of sp³-hybridized carbons (Fsp3) is 0.500. The van der Waals surface area contributed by atoms with Gasteiger partial charge in [0.1, 0.15) is 0 Å². The summed E-state index contributed by atoms with van der Waals surface area (Å²) < 4.78 is 11.7. The van der Waals surface area contributed by atoms with Gasteiger partial charge in [0.2, 0.25) is 0 Å². The predicted octanol–water partition coefficient (Wildman–Crippen LogP) is 1.92. The van der Waals surface area contributed by atoms with Crippen LogP contribution in [0.4, 0.5) is 0 Å². The van der Waals surface area contributed by atoms with Crippen LogP contribution in [0.15, 0.2) is 16.6 Å². The summed E-state index contributed by atoms with van der Waals surface area (Å²) in [5.41, 5.74) is 6.55. The van der Waals surface area contributed by atoms with Gasteiger partial charge in [-0.15, -0.1) is 0 Å². The van der Waals surface area contributed by atoms with Gasteiger partial charge in [0.15, 0.2) is 11.5 Å². The molecule has 0 saturated heterocycles. The number of hydrogen-bond donors (Lipinski definition) is 2. The standard InChI is InChI=1S/C12H18BrNO3/c1-8(6-15)7-17-12-10(13)3-9(5-14)4-11(12)16-2/h3-4,8,15H,5-7,14H2,1-2H3. The molecule has 0 amide bonds. The first-order chi connectivity index (χ1) is 8.12. The van der Waals surface area contributed by atoms with Crippen LogP contribution in [0.2, 0.25) is 0 Å². The van der Waals surface area contributed by atoms with Gasteiger partial charge in [-0.3, -0.25) is 0 Å².